The molecule has 0 spiro atoms. The summed E-state index contributed by atoms with van der Waals surface area (Å²) in [6.45, 7) is 9.03. The van der Waals surface area contributed by atoms with Crippen LogP contribution in [0.2, 0.25) is 0 Å². The molecule has 78 valence electrons. The van der Waals surface area contributed by atoms with Crippen LogP contribution in [0, 0.1) is 5.92 Å². The summed E-state index contributed by atoms with van der Waals surface area (Å²) in [5, 5.41) is 3.38. The molecule has 1 heteroatoms. The SMILES string of the molecule is CCCNCCC=CCCC(C)C. The molecule has 1 nitrogen and oxygen atoms in total. The van der Waals surface area contributed by atoms with Crippen LogP contribution in [0.25, 0.3) is 0 Å². The summed E-state index contributed by atoms with van der Waals surface area (Å²) in [6.07, 6.45) is 9.58. The fourth-order valence-electron chi connectivity index (χ4n) is 1.15. The molecule has 0 aliphatic rings. The summed E-state index contributed by atoms with van der Waals surface area (Å²) in [5.41, 5.74) is 0. The smallest absolute Gasteiger partial charge is 0.00143 e. The third kappa shape index (κ3) is 11.7. The zero-order valence-electron chi connectivity index (χ0n) is 9.47. The van der Waals surface area contributed by atoms with Gasteiger partial charge in [0, 0.05) is 0 Å². The predicted molar refractivity (Wildman–Crippen MR) is 61.0 cm³/mol. The summed E-state index contributed by atoms with van der Waals surface area (Å²) in [6, 6.07) is 0. The Morgan fingerprint density at radius 3 is 2.38 bits per heavy atom. The Morgan fingerprint density at radius 1 is 1.08 bits per heavy atom. The Labute approximate surface area is 83.6 Å². The first-order valence-electron chi connectivity index (χ1n) is 5.63. The molecule has 1 N–H and O–H groups in total. The highest BCUT2D eigenvalue weighted by atomic mass is 14.8. The first-order chi connectivity index (χ1) is 6.27. The van der Waals surface area contributed by atoms with Gasteiger partial charge in [0.05, 0.1) is 0 Å². The first-order valence-corrected chi connectivity index (χ1v) is 5.63. The van der Waals surface area contributed by atoms with Gasteiger partial charge >= 0.3 is 0 Å². The van der Waals surface area contributed by atoms with E-state index in [1.54, 1.807) is 0 Å². The second kappa shape index (κ2) is 9.79. The Bertz CT molecular complexity index is 116. The van der Waals surface area contributed by atoms with Gasteiger partial charge in [-0.3, -0.25) is 0 Å². The fourth-order valence-corrected chi connectivity index (χ4v) is 1.15. The maximum atomic E-state index is 3.38. The fraction of sp³-hybridized carbons (Fsp3) is 0.833. The molecule has 0 unspecified atom stereocenters. The number of hydrogen-bond donors (Lipinski definition) is 1. The molecule has 0 fully saturated rings. The molecule has 13 heavy (non-hydrogen) atoms. The van der Waals surface area contributed by atoms with Crippen molar-refractivity contribution < 1.29 is 0 Å². The Balaban J connectivity index is 3.03. The zero-order chi connectivity index (χ0) is 9.94. The summed E-state index contributed by atoms with van der Waals surface area (Å²) in [7, 11) is 0. The Morgan fingerprint density at radius 2 is 1.77 bits per heavy atom. The van der Waals surface area contributed by atoms with Crippen molar-refractivity contribution in [3.63, 3.8) is 0 Å². The van der Waals surface area contributed by atoms with Crippen LogP contribution in [-0.2, 0) is 0 Å². The summed E-state index contributed by atoms with van der Waals surface area (Å²) in [5.74, 6) is 0.836. The normalized spacial score (nSPS) is 11.7. The van der Waals surface area contributed by atoms with Gasteiger partial charge in [0.1, 0.15) is 0 Å². The second-order valence-electron chi connectivity index (χ2n) is 3.98. The van der Waals surface area contributed by atoms with Crippen LogP contribution in [-0.4, -0.2) is 13.1 Å². The second-order valence-corrected chi connectivity index (χ2v) is 3.98. The van der Waals surface area contributed by atoms with Gasteiger partial charge in [-0.05, 0) is 44.7 Å². The molecule has 0 atom stereocenters. The number of nitrogens with one attached hydrogen (secondary N) is 1. The lowest BCUT2D eigenvalue weighted by Gasteiger charge is -2.00. The molecule has 0 aliphatic heterocycles. The van der Waals surface area contributed by atoms with Crippen LogP contribution in [0.5, 0.6) is 0 Å². The van der Waals surface area contributed by atoms with Gasteiger partial charge < -0.3 is 5.32 Å². The van der Waals surface area contributed by atoms with Gasteiger partial charge in [0.2, 0.25) is 0 Å². The van der Waals surface area contributed by atoms with E-state index >= 15 is 0 Å². The molecule has 0 aromatic rings. The molecule has 0 bridgehead atoms. The molecule has 0 radical (unpaired) electrons. The third-order valence-corrected chi connectivity index (χ3v) is 1.99. The van der Waals surface area contributed by atoms with Crippen LogP contribution in [0.1, 0.15) is 46.5 Å². The number of allylic oxidation sites excluding steroid dienone is 1. The van der Waals surface area contributed by atoms with E-state index in [9.17, 15) is 0 Å². The maximum Gasteiger partial charge on any atom is -0.00143 e. The lowest BCUT2D eigenvalue weighted by molar-refractivity contribution is 0.593. The molecule has 0 rings (SSSR count). The van der Waals surface area contributed by atoms with E-state index in [-0.39, 0.29) is 0 Å². The molecule has 0 heterocycles. The summed E-state index contributed by atoms with van der Waals surface area (Å²) in [4.78, 5) is 0. The summed E-state index contributed by atoms with van der Waals surface area (Å²) < 4.78 is 0. The van der Waals surface area contributed by atoms with Crippen molar-refractivity contribution in [1.82, 2.24) is 5.32 Å². The largest absolute Gasteiger partial charge is 0.316 e. The van der Waals surface area contributed by atoms with Gasteiger partial charge in [0.15, 0.2) is 0 Å². The standard InChI is InChI=1S/C12H25N/c1-4-10-13-11-8-6-5-7-9-12(2)3/h5-6,12-13H,4,7-11H2,1-3H3. The third-order valence-electron chi connectivity index (χ3n) is 1.99. The molecular weight excluding hydrogens is 158 g/mol. The van der Waals surface area contributed by atoms with Crippen molar-refractivity contribution in [2.24, 2.45) is 5.92 Å². The Kier molecular flexibility index (Phi) is 9.56. The van der Waals surface area contributed by atoms with Crippen LogP contribution < -0.4 is 5.32 Å². The van der Waals surface area contributed by atoms with Crippen LogP contribution in [0.3, 0.4) is 0 Å². The molecule has 0 saturated carbocycles. The molecule has 0 aliphatic carbocycles. The molecule has 0 amide bonds. The molecule has 0 aromatic heterocycles. The minimum atomic E-state index is 0.836. The average molecular weight is 183 g/mol. The highest BCUT2D eigenvalue weighted by Crippen LogP contribution is 2.03. The van der Waals surface area contributed by atoms with Crippen molar-refractivity contribution in [3.05, 3.63) is 12.2 Å². The van der Waals surface area contributed by atoms with Crippen molar-refractivity contribution >= 4 is 0 Å². The van der Waals surface area contributed by atoms with E-state index in [1.807, 2.05) is 0 Å². The van der Waals surface area contributed by atoms with Gasteiger partial charge in [-0.2, -0.15) is 0 Å². The van der Waals surface area contributed by atoms with Crippen molar-refractivity contribution in [3.8, 4) is 0 Å². The molecular formula is C12H25N. The minimum Gasteiger partial charge on any atom is -0.316 e. The molecule has 0 saturated heterocycles. The highest BCUT2D eigenvalue weighted by Gasteiger charge is 1.89. The zero-order valence-corrected chi connectivity index (χ0v) is 9.47. The van der Waals surface area contributed by atoms with E-state index in [2.05, 4.69) is 38.2 Å². The van der Waals surface area contributed by atoms with E-state index < -0.39 is 0 Å². The lowest BCUT2D eigenvalue weighted by atomic mass is 10.1. The monoisotopic (exact) mass is 183 g/mol. The molecule has 0 aromatic carbocycles. The topological polar surface area (TPSA) is 12.0 Å². The minimum absolute atomic E-state index is 0.836. The highest BCUT2D eigenvalue weighted by molar-refractivity contribution is 4.82. The van der Waals surface area contributed by atoms with Gasteiger partial charge in [-0.1, -0.05) is 32.9 Å². The average Bonchev–Trinajstić information content (AvgIpc) is 2.09. The Hall–Kier alpha value is -0.300. The van der Waals surface area contributed by atoms with E-state index in [0.29, 0.717) is 0 Å². The van der Waals surface area contributed by atoms with E-state index in [0.717, 1.165) is 19.0 Å². The van der Waals surface area contributed by atoms with Gasteiger partial charge in [-0.25, -0.2) is 0 Å². The summed E-state index contributed by atoms with van der Waals surface area (Å²) >= 11 is 0. The van der Waals surface area contributed by atoms with E-state index in [4.69, 9.17) is 0 Å². The van der Waals surface area contributed by atoms with Crippen LogP contribution in [0.4, 0.5) is 0 Å². The first kappa shape index (κ1) is 12.7. The van der Waals surface area contributed by atoms with Gasteiger partial charge in [-0.15, -0.1) is 0 Å². The van der Waals surface area contributed by atoms with Gasteiger partial charge in [0.25, 0.3) is 0 Å². The quantitative estimate of drug-likeness (QED) is 0.449. The number of hydrogen-bond acceptors (Lipinski definition) is 1. The van der Waals surface area contributed by atoms with Crippen molar-refractivity contribution in [2.45, 2.75) is 46.5 Å². The van der Waals surface area contributed by atoms with Crippen molar-refractivity contribution in [2.75, 3.05) is 13.1 Å². The van der Waals surface area contributed by atoms with Crippen LogP contribution in [0.15, 0.2) is 12.2 Å². The lowest BCUT2D eigenvalue weighted by Crippen LogP contribution is -2.14. The van der Waals surface area contributed by atoms with E-state index in [1.165, 1.54) is 25.7 Å². The van der Waals surface area contributed by atoms with Crippen LogP contribution >= 0.6 is 0 Å². The maximum absolute atomic E-state index is 3.38. The van der Waals surface area contributed by atoms with Crippen molar-refractivity contribution in [1.29, 1.82) is 0 Å². The predicted octanol–water partition coefficient (Wildman–Crippen LogP) is 3.37. The number of rotatable bonds is 8.